The van der Waals surface area contributed by atoms with Crippen LogP contribution in [0.5, 0.6) is 11.5 Å². The minimum atomic E-state index is -0.754. The van der Waals surface area contributed by atoms with Crippen LogP contribution < -0.4 is 24.4 Å². The van der Waals surface area contributed by atoms with E-state index in [1.54, 1.807) is 38.1 Å². The maximum absolute atomic E-state index is 14.1. The van der Waals surface area contributed by atoms with Gasteiger partial charge in [0.05, 0.1) is 39.5 Å². The molecular formula is C33H30BrN3O7S. The third-order valence-corrected chi connectivity index (χ3v) is 8.36. The number of carbonyl (C=O) groups is 1. The Kier molecular flexibility index (Phi) is 9.64. The number of hydrogen-bond acceptors (Lipinski definition) is 9. The molecule has 4 aromatic rings. The van der Waals surface area contributed by atoms with Gasteiger partial charge < -0.3 is 14.2 Å². The van der Waals surface area contributed by atoms with Gasteiger partial charge in [0.2, 0.25) is 0 Å². The zero-order valence-electron chi connectivity index (χ0n) is 25.0. The van der Waals surface area contributed by atoms with Gasteiger partial charge >= 0.3 is 5.97 Å². The lowest BCUT2D eigenvalue weighted by Crippen LogP contribution is -2.39. The number of esters is 1. The fraction of sp³-hybridized carbons (Fsp3) is 0.242. The predicted molar refractivity (Wildman–Crippen MR) is 174 cm³/mol. The van der Waals surface area contributed by atoms with E-state index in [0.29, 0.717) is 43.2 Å². The summed E-state index contributed by atoms with van der Waals surface area (Å²) in [5.74, 6) is 0.660. The van der Waals surface area contributed by atoms with Gasteiger partial charge in [-0.1, -0.05) is 39.4 Å². The van der Waals surface area contributed by atoms with E-state index in [0.717, 1.165) is 10.0 Å². The van der Waals surface area contributed by atoms with Crippen LogP contribution in [-0.2, 0) is 16.1 Å². The average Bonchev–Trinajstić information content (AvgIpc) is 3.30. The van der Waals surface area contributed by atoms with Crippen molar-refractivity contribution >= 4 is 45.0 Å². The standard InChI is InChI=1S/C33H30BrN3O7S/c1-5-42-32(39)29-20(4)35-33-36(30(29)22-8-13-26(14-9-22)44-19(2)3)31(38)28(45-33)17-23-16-24(34)10-15-27(23)43-18-21-6-11-25(12-7-21)37(40)41/h6-17,19,30H,5,18H2,1-4H3/b28-17-/t30-/m1/s1. The van der Waals surface area contributed by atoms with Crippen LogP contribution >= 0.6 is 27.3 Å². The van der Waals surface area contributed by atoms with Crippen molar-refractivity contribution in [2.75, 3.05) is 6.61 Å². The lowest BCUT2D eigenvalue weighted by atomic mass is 9.96. The molecule has 5 rings (SSSR count). The highest BCUT2D eigenvalue weighted by Crippen LogP contribution is 2.32. The van der Waals surface area contributed by atoms with Gasteiger partial charge in [-0.05, 0) is 87.4 Å². The van der Waals surface area contributed by atoms with Crippen molar-refractivity contribution in [2.45, 2.75) is 46.4 Å². The molecule has 0 N–H and O–H groups in total. The molecule has 0 spiro atoms. The number of ether oxygens (including phenoxy) is 3. The first-order valence-electron chi connectivity index (χ1n) is 14.2. The molecule has 0 aliphatic carbocycles. The molecule has 0 saturated carbocycles. The summed E-state index contributed by atoms with van der Waals surface area (Å²) < 4.78 is 20.0. The lowest BCUT2D eigenvalue weighted by molar-refractivity contribution is -0.384. The van der Waals surface area contributed by atoms with Gasteiger partial charge in [0.25, 0.3) is 11.2 Å². The van der Waals surface area contributed by atoms with Gasteiger partial charge in [-0.25, -0.2) is 9.79 Å². The summed E-state index contributed by atoms with van der Waals surface area (Å²) in [5, 5.41) is 11.0. The van der Waals surface area contributed by atoms with E-state index in [9.17, 15) is 19.7 Å². The molecule has 0 radical (unpaired) electrons. The maximum atomic E-state index is 14.1. The summed E-state index contributed by atoms with van der Waals surface area (Å²) in [6, 6.07) is 18.1. The van der Waals surface area contributed by atoms with Gasteiger partial charge in [-0.2, -0.15) is 0 Å². The number of nitro benzene ring substituents is 1. The second kappa shape index (κ2) is 13.6. The molecule has 12 heteroatoms. The molecule has 2 heterocycles. The molecule has 1 atom stereocenters. The Labute approximate surface area is 271 Å². The fourth-order valence-electron chi connectivity index (χ4n) is 4.89. The van der Waals surface area contributed by atoms with Gasteiger partial charge in [-0.15, -0.1) is 0 Å². The second-order valence-electron chi connectivity index (χ2n) is 10.4. The van der Waals surface area contributed by atoms with Gasteiger partial charge in [0, 0.05) is 22.2 Å². The van der Waals surface area contributed by atoms with Crippen LogP contribution in [0.15, 0.2) is 92.3 Å². The molecule has 10 nitrogen and oxygen atoms in total. The Balaban J connectivity index is 1.57. The Morgan fingerprint density at radius 3 is 2.49 bits per heavy atom. The van der Waals surface area contributed by atoms with Crippen LogP contribution in [0.25, 0.3) is 6.08 Å². The van der Waals surface area contributed by atoms with Crippen molar-refractivity contribution in [3.05, 3.63) is 129 Å². The van der Waals surface area contributed by atoms with E-state index in [1.807, 2.05) is 50.2 Å². The zero-order valence-corrected chi connectivity index (χ0v) is 27.4. The average molecular weight is 693 g/mol. The van der Waals surface area contributed by atoms with Crippen LogP contribution in [0.2, 0.25) is 0 Å². The highest BCUT2D eigenvalue weighted by atomic mass is 79.9. The van der Waals surface area contributed by atoms with Crippen molar-refractivity contribution in [1.29, 1.82) is 0 Å². The number of halogens is 1. The molecular weight excluding hydrogens is 662 g/mol. The van der Waals surface area contributed by atoms with E-state index < -0.39 is 16.9 Å². The molecule has 0 amide bonds. The van der Waals surface area contributed by atoms with Crippen LogP contribution in [0.1, 0.15) is 50.4 Å². The Morgan fingerprint density at radius 1 is 1.13 bits per heavy atom. The van der Waals surface area contributed by atoms with Crippen molar-refractivity contribution in [1.82, 2.24) is 4.57 Å². The molecule has 232 valence electrons. The highest BCUT2D eigenvalue weighted by Gasteiger charge is 2.33. The summed E-state index contributed by atoms with van der Waals surface area (Å²) in [7, 11) is 0. The molecule has 45 heavy (non-hydrogen) atoms. The monoisotopic (exact) mass is 691 g/mol. The summed E-state index contributed by atoms with van der Waals surface area (Å²) in [6.07, 6.45) is 1.73. The van der Waals surface area contributed by atoms with Crippen molar-refractivity contribution in [2.24, 2.45) is 4.99 Å². The minimum absolute atomic E-state index is 0.00190. The Hall–Kier alpha value is -4.55. The number of rotatable bonds is 10. The molecule has 1 aliphatic heterocycles. The summed E-state index contributed by atoms with van der Waals surface area (Å²) in [5.41, 5.74) is 2.56. The highest BCUT2D eigenvalue weighted by molar-refractivity contribution is 9.10. The van der Waals surface area contributed by atoms with Crippen molar-refractivity contribution < 1.29 is 23.9 Å². The topological polar surface area (TPSA) is 122 Å². The quantitative estimate of drug-likeness (QED) is 0.116. The van der Waals surface area contributed by atoms with Crippen LogP contribution in [0, 0.1) is 10.1 Å². The Morgan fingerprint density at radius 2 is 1.84 bits per heavy atom. The van der Waals surface area contributed by atoms with Crippen LogP contribution in [0.4, 0.5) is 5.69 Å². The van der Waals surface area contributed by atoms with Crippen LogP contribution in [-0.4, -0.2) is 28.2 Å². The number of nitro groups is 1. The number of allylic oxidation sites excluding steroid dienone is 1. The third-order valence-electron chi connectivity index (χ3n) is 6.88. The number of fused-ring (bicyclic) bond motifs is 1. The molecule has 1 aliphatic rings. The summed E-state index contributed by atoms with van der Waals surface area (Å²) in [4.78, 5) is 42.9. The Bertz CT molecular complexity index is 1960. The summed E-state index contributed by atoms with van der Waals surface area (Å²) >= 11 is 4.72. The molecule has 1 aromatic heterocycles. The number of hydrogen-bond donors (Lipinski definition) is 0. The predicted octanol–water partition coefficient (Wildman–Crippen LogP) is 5.84. The van der Waals surface area contributed by atoms with Gasteiger partial charge in [0.15, 0.2) is 4.80 Å². The molecule has 0 saturated heterocycles. The number of benzene rings is 3. The fourth-order valence-corrected chi connectivity index (χ4v) is 6.30. The largest absolute Gasteiger partial charge is 0.491 e. The number of non-ortho nitro benzene ring substituents is 1. The van der Waals surface area contributed by atoms with Crippen molar-refractivity contribution in [3.8, 4) is 11.5 Å². The van der Waals surface area contributed by atoms with E-state index in [4.69, 9.17) is 14.2 Å². The molecule has 3 aromatic carbocycles. The SMILES string of the molecule is CCOC(=O)C1=C(C)N=c2s/c(=C\c3cc(Br)ccc3OCc3ccc([N+](=O)[O-])cc3)c(=O)n2[C@@H]1c1ccc(OC(C)C)cc1. The molecule has 0 unspecified atom stereocenters. The maximum Gasteiger partial charge on any atom is 0.338 e. The van der Waals surface area contributed by atoms with Crippen molar-refractivity contribution in [3.63, 3.8) is 0 Å². The van der Waals surface area contributed by atoms with Gasteiger partial charge in [0.1, 0.15) is 18.1 Å². The number of thiazole rings is 1. The van der Waals surface area contributed by atoms with E-state index >= 15 is 0 Å². The zero-order chi connectivity index (χ0) is 32.2. The normalized spacial score (nSPS) is 14.6. The first kappa shape index (κ1) is 31.9. The second-order valence-corrected chi connectivity index (χ2v) is 12.4. The molecule has 0 fully saturated rings. The first-order valence-corrected chi connectivity index (χ1v) is 15.8. The minimum Gasteiger partial charge on any atom is -0.491 e. The molecule has 0 bridgehead atoms. The first-order chi connectivity index (χ1) is 21.5. The van der Waals surface area contributed by atoms with E-state index in [2.05, 4.69) is 20.9 Å². The van der Waals surface area contributed by atoms with Gasteiger partial charge in [-0.3, -0.25) is 19.5 Å². The number of carbonyl (C=O) groups excluding carboxylic acids is 1. The lowest BCUT2D eigenvalue weighted by Gasteiger charge is -2.25. The van der Waals surface area contributed by atoms with Crippen LogP contribution in [0.3, 0.4) is 0 Å². The number of nitrogens with zero attached hydrogens (tertiary/aromatic N) is 3. The van der Waals surface area contributed by atoms with E-state index in [-0.39, 0.29) is 30.6 Å². The number of aromatic nitrogens is 1. The third kappa shape index (κ3) is 7.07. The van der Waals surface area contributed by atoms with E-state index in [1.165, 1.54) is 28.0 Å². The summed E-state index contributed by atoms with van der Waals surface area (Å²) in [6.45, 7) is 7.70. The smallest absolute Gasteiger partial charge is 0.338 e.